The number of piperidine rings is 2. The molecular formula is C45H62F2N10OS2. The first-order valence-electron chi connectivity index (χ1n) is 22.4. The summed E-state index contributed by atoms with van der Waals surface area (Å²) < 4.78 is 28.6. The van der Waals surface area contributed by atoms with Crippen LogP contribution in [0.2, 0.25) is 0 Å². The van der Waals surface area contributed by atoms with Gasteiger partial charge in [-0.3, -0.25) is 24.4 Å². The number of anilines is 2. The van der Waals surface area contributed by atoms with Gasteiger partial charge < -0.3 is 11.5 Å². The van der Waals surface area contributed by atoms with Gasteiger partial charge in [0.15, 0.2) is 16.0 Å². The van der Waals surface area contributed by atoms with E-state index in [9.17, 15) is 8.78 Å². The zero-order valence-electron chi connectivity index (χ0n) is 35.3. The summed E-state index contributed by atoms with van der Waals surface area (Å²) in [6.45, 7) is 11.7. The first kappa shape index (κ1) is 43.2. The lowest BCUT2D eigenvalue weighted by atomic mass is 9.86. The van der Waals surface area contributed by atoms with Gasteiger partial charge in [-0.15, -0.1) is 22.7 Å². The van der Waals surface area contributed by atoms with Crippen molar-refractivity contribution in [3.8, 4) is 0 Å². The Bertz CT molecular complexity index is 1870. The van der Waals surface area contributed by atoms with Crippen LogP contribution in [0.4, 0.5) is 19.0 Å². The summed E-state index contributed by atoms with van der Waals surface area (Å²) >= 11 is 3.28. The summed E-state index contributed by atoms with van der Waals surface area (Å²) in [6, 6.07) is 5.87. The summed E-state index contributed by atoms with van der Waals surface area (Å²) in [5, 5.41) is 1.34. The molecule has 4 N–H and O–H groups in total. The predicted octanol–water partition coefficient (Wildman–Crippen LogP) is 7.15. The van der Waals surface area contributed by atoms with Crippen LogP contribution in [0.1, 0.15) is 110 Å². The number of halogens is 2. The minimum absolute atomic E-state index is 0.0117. The average molecular weight is 861 g/mol. The summed E-state index contributed by atoms with van der Waals surface area (Å²) in [6.07, 6.45) is 15.3. The molecule has 8 rings (SSSR count). The first-order valence-corrected chi connectivity index (χ1v) is 24.0. The number of ketones is 1. The van der Waals surface area contributed by atoms with Crippen LogP contribution in [0.15, 0.2) is 36.7 Å². The second-order valence-corrected chi connectivity index (χ2v) is 19.9. The highest BCUT2D eigenvalue weighted by Crippen LogP contribution is 2.38. The molecule has 6 heterocycles. The number of carbonyl (C=O) groups is 1. The van der Waals surface area contributed by atoms with Gasteiger partial charge in [0.1, 0.15) is 0 Å². The van der Waals surface area contributed by atoms with Gasteiger partial charge in [-0.05, 0) is 151 Å². The highest BCUT2D eigenvalue weighted by molar-refractivity contribution is 7.15. The fourth-order valence-electron chi connectivity index (χ4n) is 10.6. The lowest BCUT2D eigenvalue weighted by molar-refractivity contribution is -0.131. The maximum atomic E-state index is 15.4. The Hall–Kier alpha value is -3.47. The van der Waals surface area contributed by atoms with E-state index in [0.29, 0.717) is 45.3 Å². The van der Waals surface area contributed by atoms with Gasteiger partial charge in [0.25, 0.3) is 0 Å². The molecular weight excluding hydrogens is 799 g/mol. The number of likely N-dealkylation sites (tertiary alicyclic amines) is 2. The molecule has 0 amide bonds. The van der Waals surface area contributed by atoms with Crippen LogP contribution < -0.4 is 11.5 Å². The lowest BCUT2D eigenvalue weighted by Gasteiger charge is -2.44. The standard InChI is InChI=1S/C45H62F2N10OS2/c1-3-17-56(33-7-9-35-37(23-33)59-44(48)52-35)27-29-13-19-54(20-14-29)41(31-5-11-39(46)50-25-31)43(58)42(32-6-12-40(47)51-26-32)55-21-15-30(16-22-55)28-57(18-4-2)34-8-10-36-38(24-34)60-45(49)53-36/h5-6,11-12,25-26,29-30,33-34,41-42H,3-4,7-10,13-24,27-28H2,1-2H3,(H2,48,52)(H2,49,53)/t33?,34?,41-,42-/m0/s1. The molecule has 11 nitrogen and oxygen atoms in total. The SMILES string of the molecule is CCCN(CC1CCN([C@H](C(=O)[C@H](c2ccc(F)nc2)N2CCC(CN(CCC)C3CCc4nc(N)sc4C3)CC2)c2ccc(F)nc2)CC1)C1CCc2nc(N)sc2C1. The third kappa shape index (κ3) is 10.1. The van der Waals surface area contributed by atoms with Crippen molar-refractivity contribution in [3.05, 3.63) is 80.8 Å². The number of Topliss-reactive ketones (excluding diaryl/α,β-unsaturated/α-hetero) is 1. The van der Waals surface area contributed by atoms with Crippen molar-refractivity contribution in [2.45, 2.75) is 115 Å². The number of aryl methyl sites for hydroxylation is 2. The largest absolute Gasteiger partial charge is 0.375 e. The van der Waals surface area contributed by atoms with E-state index < -0.39 is 24.0 Å². The monoisotopic (exact) mass is 860 g/mol. The number of thiazole rings is 2. The van der Waals surface area contributed by atoms with E-state index in [4.69, 9.17) is 11.5 Å². The van der Waals surface area contributed by atoms with E-state index >= 15 is 4.79 Å². The smallest absolute Gasteiger partial charge is 0.212 e. The Kier molecular flexibility index (Phi) is 14.2. The van der Waals surface area contributed by atoms with Gasteiger partial charge in [-0.25, -0.2) is 19.9 Å². The molecule has 2 aliphatic heterocycles. The topological polar surface area (TPSA) is 134 Å². The summed E-state index contributed by atoms with van der Waals surface area (Å²) in [7, 11) is 0. The van der Waals surface area contributed by atoms with Crippen molar-refractivity contribution >= 4 is 38.7 Å². The molecule has 324 valence electrons. The van der Waals surface area contributed by atoms with Crippen LogP contribution in [0.5, 0.6) is 0 Å². The first-order chi connectivity index (χ1) is 29.1. The van der Waals surface area contributed by atoms with E-state index in [1.54, 1.807) is 34.8 Å². The van der Waals surface area contributed by atoms with Crippen LogP contribution >= 0.6 is 22.7 Å². The molecule has 4 aromatic rings. The number of pyridine rings is 2. The fraction of sp³-hybridized carbons (Fsp3) is 0.622. The average Bonchev–Trinajstić information content (AvgIpc) is 3.82. The Morgan fingerprint density at radius 1 is 0.700 bits per heavy atom. The maximum absolute atomic E-state index is 15.4. The highest BCUT2D eigenvalue weighted by Gasteiger charge is 2.41. The van der Waals surface area contributed by atoms with Crippen molar-refractivity contribution in [2.75, 3.05) is 63.8 Å². The molecule has 0 bridgehead atoms. The van der Waals surface area contributed by atoms with Crippen LogP contribution in [0, 0.1) is 23.7 Å². The third-order valence-corrected chi connectivity index (χ3v) is 15.5. The summed E-state index contributed by atoms with van der Waals surface area (Å²) in [5.41, 5.74) is 15.9. The maximum Gasteiger partial charge on any atom is 0.212 e. The zero-order chi connectivity index (χ0) is 41.8. The summed E-state index contributed by atoms with van der Waals surface area (Å²) in [5.74, 6) is -0.126. The number of hydrogen-bond donors (Lipinski definition) is 2. The van der Waals surface area contributed by atoms with Gasteiger partial charge >= 0.3 is 0 Å². The molecule has 4 aliphatic rings. The minimum atomic E-state index is -0.621. The minimum Gasteiger partial charge on any atom is -0.375 e. The van der Waals surface area contributed by atoms with Crippen molar-refractivity contribution in [2.24, 2.45) is 11.8 Å². The molecule has 0 saturated carbocycles. The van der Waals surface area contributed by atoms with Crippen LogP contribution in [-0.2, 0) is 30.5 Å². The van der Waals surface area contributed by atoms with E-state index in [-0.39, 0.29) is 5.78 Å². The number of nitrogens with two attached hydrogens (primary N) is 2. The molecule has 2 unspecified atom stereocenters. The third-order valence-electron chi connectivity index (χ3n) is 13.6. The number of nitrogens with zero attached hydrogens (tertiary/aromatic N) is 8. The van der Waals surface area contributed by atoms with E-state index in [1.165, 1.54) is 45.7 Å². The van der Waals surface area contributed by atoms with Crippen LogP contribution in [-0.4, -0.2) is 110 Å². The van der Waals surface area contributed by atoms with E-state index in [1.807, 2.05) is 0 Å². The molecule has 2 aliphatic carbocycles. The molecule has 0 spiro atoms. The molecule has 4 atom stereocenters. The van der Waals surface area contributed by atoms with Gasteiger partial charge in [0.05, 0.1) is 23.5 Å². The Morgan fingerprint density at radius 3 is 1.48 bits per heavy atom. The van der Waals surface area contributed by atoms with Crippen molar-refractivity contribution in [3.63, 3.8) is 0 Å². The molecule has 60 heavy (non-hydrogen) atoms. The molecule has 4 aromatic heterocycles. The van der Waals surface area contributed by atoms with E-state index in [2.05, 4.69) is 53.4 Å². The molecule has 0 aromatic carbocycles. The van der Waals surface area contributed by atoms with Crippen LogP contribution in [0.25, 0.3) is 0 Å². The Labute approximate surface area is 362 Å². The molecule has 0 radical (unpaired) electrons. The van der Waals surface area contributed by atoms with Crippen molar-refractivity contribution in [1.82, 2.24) is 39.5 Å². The van der Waals surface area contributed by atoms with Crippen molar-refractivity contribution < 1.29 is 13.6 Å². The van der Waals surface area contributed by atoms with Gasteiger partial charge in [0.2, 0.25) is 11.9 Å². The molecule has 15 heteroatoms. The Morgan fingerprint density at radius 2 is 1.12 bits per heavy atom. The fourth-order valence-corrected chi connectivity index (χ4v) is 12.5. The number of aromatic nitrogens is 4. The lowest BCUT2D eigenvalue weighted by Crippen LogP contribution is -2.49. The summed E-state index contributed by atoms with van der Waals surface area (Å²) in [4.78, 5) is 45.2. The quantitative estimate of drug-likeness (QED) is 0.111. The predicted molar refractivity (Wildman–Crippen MR) is 236 cm³/mol. The van der Waals surface area contributed by atoms with Crippen LogP contribution in [0.3, 0.4) is 0 Å². The second-order valence-electron chi connectivity index (χ2n) is 17.6. The number of hydrogen-bond acceptors (Lipinski definition) is 13. The van der Waals surface area contributed by atoms with E-state index in [0.717, 1.165) is 129 Å². The molecule has 2 fully saturated rings. The van der Waals surface area contributed by atoms with Crippen molar-refractivity contribution in [1.29, 1.82) is 0 Å². The number of carbonyl (C=O) groups excluding carboxylic acids is 1. The number of fused-ring (bicyclic) bond motifs is 2. The number of rotatable bonds is 16. The Balaban J connectivity index is 0.963. The number of nitrogen functional groups attached to an aromatic ring is 2. The van der Waals surface area contributed by atoms with Gasteiger partial charge in [-0.1, -0.05) is 26.0 Å². The van der Waals surface area contributed by atoms with Gasteiger partial charge in [-0.2, -0.15) is 8.78 Å². The zero-order valence-corrected chi connectivity index (χ0v) is 36.9. The highest BCUT2D eigenvalue weighted by atomic mass is 32.1. The second kappa shape index (κ2) is 19.7. The van der Waals surface area contributed by atoms with Gasteiger partial charge in [0, 0.05) is 47.3 Å². The molecule has 2 saturated heterocycles. The normalized spacial score (nSPS) is 21.9.